The van der Waals surface area contributed by atoms with E-state index in [-0.39, 0.29) is 23.6 Å². The molecule has 0 aliphatic heterocycles. The number of rotatable bonds is 6. The maximum absolute atomic E-state index is 11.6. The fourth-order valence-electron chi connectivity index (χ4n) is 2.06. The van der Waals surface area contributed by atoms with Gasteiger partial charge in [0.25, 0.3) is 0 Å². The summed E-state index contributed by atoms with van der Waals surface area (Å²) in [6.07, 6.45) is 0.982. The van der Waals surface area contributed by atoms with Gasteiger partial charge >= 0.3 is 10.1 Å². The number of hydrogen-bond donors (Lipinski definition) is 2. The van der Waals surface area contributed by atoms with Gasteiger partial charge in [-0.25, -0.2) is 4.98 Å². The molecule has 1 aromatic rings. The number of aliphatic hydroxyl groups excluding tert-OH is 1. The number of aromatic nitrogens is 2. The van der Waals surface area contributed by atoms with Crippen molar-refractivity contribution in [3.63, 3.8) is 0 Å². The Morgan fingerprint density at radius 2 is 1.84 bits per heavy atom. The molecule has 0 fully saturated rings. The lowest BCUT2D eigenvalue weighted by atomic mass is 10.1. The summed E-state index contributed by atoms with van der Waals surface area (Å²) in [5.41, 5.74) is 0.379. The van der Waals surface area contributed by atoms with Gasteiger partial charge in [-0.1, -0.05) is 13.8 Å². The molecule has 1 rings (SSSR count). The molecule has 110 valence electrons. The number of aryl methyl sites for hydroxylation is 1. The largest absolute Gasteiger partial charge is 0.396 e. The standard InChI is InChI=1S/C12H22N2O4S/c1-8(2)11-12(19(16,17)18)14(9(3)4)10(13-11)6-5-7-15/h8-9,15H,5-7H2,1-4H3,(H,16,17,18). The molecule has 0 aromatic carbocycles. The van der Waals surface area contributed by atoms with Gasteiger partial charge in [0.05, 0.1) is 5.69 Å². The molecule has 0 unspecified atom stereocenters. The second-order valence-corrected chi connectivity index (χ2v) is 6.48. The Hall–Kier alpha value is -0.920. The van der Waals surface area contributed by atoms with Gasteiger partial charge in [0.15, 0.2) is 5.03 Å². The SMILES string of the molecule is CC(C)c1nc(CCCO)n(C(C)C)c1S(=O)(=O)O. The van der Waals surface area contributed by atoms with Gasteiger partial charge < -0.3 is 9.67 Å². The lowest BCUT2D eigenvalue weighted by Crippen LogP contribution is -2.15. The Morgan fingerprint density at radius 1 is 1.26 bits per heavy atom. The fraction of sp³-hybridized carbons (Fsp3) is 0.750. The molecule has 19 heavy (non-hydrogen) atoms. The van der Waals surface area contributed by atoms with Crippen LogP contribution >= 0.6 is 0 Å². The Bertz CT molecular complexity index is 532. The first-order valence-corrected chi connectivity index (χ1v) is 7.83. The summed E-state index contributed by atoms with van der Waals surface area (Å²) < 4.78 is 34.2. The predicted molar refractivity (Wildman–Crippen MR) is 71.9 cm³/mol. The first-order valence-electron chi connectivity index (χ1n) is 6.39. The van der Waals surface area contributed by atoms with Gasteiger partial charge in [-0.05, 0) is 26.2 Å². The average Bonchev–Trinajstić information content (AvgIpc) is 2.65. The third-order valence-electron chi connectivity index (χ3n) is 2.83. The van der Waals surface area contributed by atoms with E-state index in [0.29, 0.717) is 24.4 Å². The number of imidazole rings is 1. The highest BCUT2D eigenvalue weighted by Crippen LogP contribution is 2.28. The van der Waals surface area contributed by atoms with E-state index in [0.717, 1.165) is 0 Å². The lowest BCUT2D eigenvalue weighted by Gasteiger charge is -2.14. The van der Waals surface area contributed by atoms with E-state index in [2.05, 4.69) is 4.98 Å². The molecule has 0 aliphatic carbocycles. The summed E-state index contributed by atoms with van der Waals surface area (Å²) in [5.74, 6) is 0.477. The highest BCUT2D eigenvalue weighted by atomic mass is 32.2. The monoisotopic (exact) mass is 290 g/mol. The molecule has 7 heteroatoms. The minimum atomic E-state index is -4.32. The third kappa shape index (κ3) is 3.55. The summed E-state index contributed by atoms with van der Waals surface area (Å²) in [7, 11) is -4.32. The molecule has 0 amide bonds. The van der Waals surface area contributed by atoms with Crippen molar-refractivity contribution in [2.75, 3.05) is 6.61 Å². The maximum atomic E-state index is 11.6. The molecule has 1 aromatic heterocycles. The Morgan fingerprint density at radius 3 is 2.21 bits per heavy atom. The molecule has 0 spiro atoms. The lowest BCUT2D eigenvalue weighted by molar-refractivity contribution is 0.286. The molecular formula is C12H22N2O4S. The van der Waals surface area contributed by atoms with E-state index in [9.17, 15) is 13.0 Å². The van der Waals surface area contributed by atoms with Crippen LogP contribution in [-0.4, -0.2) is 34.2 Å². The van der Waals surface area contributed by atoms with Crippen LogP contribution in [0.1, 0.15) is 57.6 Å². The van der Waals surface area contributed by atoms with Crippen LogP contribution in [0.5, 0.6) is 0 Å². The van der Waals surface area contributed by atoms with E-state index in [1.807, 2.05) is 27.7 Å². The van der Waals surface area contributed by atoms with Gasteiger partial charge in [-0.3, -0.25) is 4.55 Å². The molecule has 1 heterocycles. The van der Waals surface area contributed by atoms with Gasteiger partial charge in [-0.2, -0.15) is 8.42 Å². The summed E-state index contributed by atoms with van der Waals surface area (Å²) >= 11 is 0. The molecular weight excluding hydrogens is 268 g/mol. The van der Waals surface area contributed by atoms with E-state index >= 15 is 0 Å². The highest BCUT2D eigenvalue weighted by molar-refractivity contribution is 7.85. The van der Waals surface area contributed by atoms with Crippen LogP contribution in [-0.2, 0) is 16.5 Å². The topological polar surface area (TPSA) is 92.4 Å². The van der Waals surface area contributed by atoms with Crippen molar-refractivity contribution in [3.8, 4) is 0 Å². The maximum Gasteiger partial charge on any atom is 0.312 e. The van der Waals surface area contributed by atoms with Crippen molar-refractivity contribution in [3.05, 3.63) is 11.5 Å². The van der Waals surface area contributed by atoms with Crippen molar-refractivity contribution in [1.82, 2.24) is 9.55 Å². The summed E-state index contributed by atoms with van der Waals surface area (Å²) in [5, 5.41) is 8.78. The zero-order valence-electron chi connectivity index (χ0n) is 11.8. The quantitative estimate of drug-likeness (QED) is 0.779. The molecule has 6 nitrogen and oxygen atoms in total. The van der Waals surface area contributed by atoms with Crippen molar-refractivity contribution >= 4 is 10.1 Å². The van der Waals surface area contributed by atoms with Crippen LogP contribution in [0.2, 0.25) is 0 Å². The number of hydrogen-bond acceptors (Lipinski definition) is 4. The van der Waals surface area contributed by atoms with Gasteiger partial charge in [0, 0.05) is 19.1 Å². The van der Waals surface area contributed by atoms with Crippen LogP contribution in [0.25, 0.3) is 0 Å². The Labute approximate surface area is 114 Å². The average molecular weight is 290 g/mol. The van der Waals surface area contributed by atoms with Crippen LogP contribution in [0.3, 0.4) is 0 Å². The highest BCUT2D eigenvalue weighted by Gasteiger charge is 2.28. The molecule has 0 aliphatic rings. The first kappa shape index (κ1) is 16.1. The van der Waals surface area contributed by atoms with Crippen LogP contribution < -0.4 is 0 Å². The molecule has 0 atom stereocenters. The van der Waals surface area contributed by atoms with Gasteiger partial charge in [-0.15, -0.1) is 0 Å². The van der Waals surface area contributed by atoms with Crippen molar-refractivity contribution < 1.29 is 18.1 Å². The van der Waals surface area contributed by atoms with E-state index in [1.165, 1.54) is 0 Å². The Kier molecular flexibility index (Phi) is 5.11. The van der Waals surface area contributed by atoms with Crippen LogP contribution in [0.15, 0.2) is 5.03 Å². The minimum Gasteiger partial charge on any atom is -0.396 e. The molecule has 0 saturated heterocycles. The zero-order valence-corrected chi connectivity index (χ0v) is 12.6. The summed E-state index contributed by atoms with van der Waals surface area (Å²) in [4.78, 5) is 4.35. The van der Waals surface area contributed by atoms with Gasteiger partial charge in [0.2, 0.25) is 0 Å². The molecule has 0 saturated carbocycles. The number of nitrogens with zero attached hydrogens (tertiary/aromatic N) is 2. The van der Waals surface area contributed by atoms with Crippen molar-refractivity contribution in [2.45, 2.75) is 57.5 Å². The minimum absolute atomic E-state index is 0.0170. The Balaban J connectivity index is 3.51. The number of aliphatic hydroxyl groups is 1. The second kappa shape index (κ2) is 6.02. The van der Waals surface area contributed by atoms with Gasteiger partial charge in [0.1, 0.15) is 5.82 Å². The zero-order chi connectivity index (χ0) is 14.8. The van der Waals surface area contributed by atoms with Crippen molar-refractivity contribution in [2.24, 2.45) is 0 Å². The van der Waals surface area contributed by atoms with E-state index in [4.69, 9.17) is 5.11 Å². The van der Waals surface area contributed by atoms with E-state index < -0.39 is 10.1 Å². The normalized spacial score (nSPS) is 12.6. The first-order chi connectivity index (χ1) is 8.70. The van der Waals surface area contributed by atoms with Crippen molar-refractivity contribution in [1.29, 1.82) is 0 Å². The van der Waals surface area contributed by atoms with Crippen LogP contribution in [0.4, 0.5) is 0 Å². The molecule has 0 bridgehead atoms. The molecule has 0 radical (unpaired) electrons. The van der Waals surface area contributed by atoms with E-state index in [1.54, 1.807) is 4.57 Å². The fourth-order valence-corrected chi connectivity index (χ4v) is 3.17. The van der Waals surface area contributed by atoms with Crippen LogP contribution in [0, 0.1) is 0 Å². The predicted octanol–water partition coefficient (Wildman–Crippen LogP) is 1.76. The smallest absolute Gasteiger partial charge is 0.312 e. The summed E-state index contributed by atoms with van der Waals surface area (Å²) in [6.45, 7) is 7.35. The summed E-state index contributed by atoms with van der Waals surface area (Å²) in [6, 6.07) is -0.134. The third-order valence-corrected chi connectivity index (χ3v) is 3.73. The second-order valence-electron chi connectivity index (χ2n) is 5.14. The molecule has 2 N–H and O–H groups in total.